The number of benzene rings is 1. The third kappa shape index (κ3) is 4.77. The highest BCUT2D eigenvalue weighted by Crippen LogP contribution is 2.22. The molecule has 104 valence electrons. The monoisotopic (exact) mass is 321 g/mol. The molecule has 1 aliphatic carbocycles. The van der Waals surface area contributed by atoms with Gasteiger partial charge >= 0.3 is 0 Å². The van der Waals surface area contributed by atoms with E-state index in [-0.39, 0.29) is 0 Å². The topological polar surface area (TPSA) is 12.0 Å². The molecule has 1 nitrogen and oxygen atoms in total. The Morgan fingerprint density at radius 3 is 2.63 bits per heavy atom. The molecule has 0 aliphatic heterocycles. The van der Waals surface area contributed by atoms with Crippen LogP contribution in [0.15, 0.2) is 40.4 Å². The van der Waals surface area contributed by atoms with Crippen molar-refractivity contribution in [3.8, 4) is 0 Å². The first-order chi connectivity index (χ1) is 9.29. The summed E-state index contributed by atoms with van der Waals surface area (Å²) in [5, 5.41) is 3.70. The lowest BCUT2D eigenvalue weighted by atomic mass is 9.97. The summed E-state index contributed by atoms with van der Waals surface area (Å²) in [5.74, 6) is 0. The minimum atomic E-state index is 0.484. The number of nitrogens with one attached hydrogen (secondary N) is 1. The number of rotatable bonds is 6. The number of hydrogen-bond acceptors (Lipinski definition) is 1. The van der Waals surface area contributed by atoms with Gasteiger partial charge in [-0.05, 0) is 62.8 Å². The van der Waals surface area contributed by atoms with Gasteiger partial charge in [-0.25, -0.2) is 0 Å². The number of hydrogen-bond donors (Lipinski definition) is 1. The predicted octanol–water partition coefficient (Wildman–Crippen LogP) is 5.38. The van der Waals surface area contributed by atoms with E-state index in [9.17, 15) is 0 Å². The van der Waals surface area contributed by atoms with Crippen molar-refractivity contribution in [2.24, 2.45) is 0 Å². The summed E-state index contributed by atoms with van der Waals surface area (Å²) in [6.45, 7) is 3.35. The van der Waals surface area contributed by atoms with Crippen LogP contribution in [0.3, 0.4) is 0 Å². The van der Waals surface area contributed by atoms with Crippen LogP contribution in [0.25, 0.3) is 0 Å². The van der Waals surface area contributed by atoms with Crippen LogP contribution in [-0.2, 0) is 0 Å². The van der Waals surface area contributed by atoms with Gasteiger partial charge in [0.2, 0.25) is 0 Å². The van der Waals surface area contributed by atoms with Gasteiger partial charge in [-0.3, -0.25) is 0 Å². The standard InChI is InChI=1S/C17H24BrN/c1-2-17(15-8-10-16(18)11-9-15)19-13-12-14-6-4-3-5-7-14/h6,8-11,17,19H,2-5,7,12-13H2,1H3. The molecule has 19 heavy (non-hydrogen) atoms. The summed E-state index contributed by atoms with van der Waals surface area (Å²) in [5.41, 5.74) is 3.05. The van der Waals surface area contributed by atoms with Gasteiger partial charge < -0.3 is 5.32 Å². The maximum atomic E-state index is 3.70. The van der Waals surface area contributed by atoms with Crippen LogP contribution < -0.4 is 5.32 Å². The molecule has 0 fully saturated rings. The fourth-order valence-corrected chi connectivity index (χ4v) is 3.00. The molecule has 0 spiro atoms. The second kappa shape index (κ2) is 7.86. The predicted molar refractivity (Wildman–Crippen MR) is 86.3 cm³/mol. The first-order valence-electron chi connectivity index (χ1n) is 7.46. The van der Waals surface area contributed by atoms with Crippen molar-refractivity contribution >= 4 is 15.9 Å². The molecule has 2 rings (SSSR count). The average molecular weight is 322 g/mol. The fraction of sp³-hybridized carbons (Fsp3) is 0.529. The number of allylic oxidation sites excluding steroid dienone is 1. The summed E-state index contributed by atoms with van der Waals surface area (Å²) in [7, 11) is 0. The minimum Gasteiger partial charge on any atom is -0.310 e. The molecule has 2 heteroatoms. The molecular weight excluding hydrogens is 298 g/mol. The van der Waals surface area contributed by atoms with E-state index in [2.05, 4.69) is 58.5 Å². The van der Waals surface area contributed by atoms with E-state index in [4.69, 9.17) is 0 Å². The zero-order valence-corrected chi connectivity index (χ0v) is 13.4. The van der Waals surface area contributed by atoms with E-state index in [1.807, 2.05) is 0 Å². The molecule has 0 amide bonds. The highest BCUT2D eigenvalue weighted by molar-refractivity contribution is 9.10. The van der Waals surface area contributed by atoms with Gasteiger partial charge in [-0.2, -0.15) is 0 Å². The first-order valence-corrected chi connectivity index (χ1v) is 8.25. The normalized spacial score (nSPS) is 17.1. The van der Waals surface area contributed by atoms with E-state index in [1.165, 1.54) is 37.7 Å². The van der Waals surface area contributed by atoms with Gasteiger partial charge in [0, 0.05) is 10.5 Å². The van der Waals surface area contributed by atoms with Crippen molar-refractivity contribution in [3.63, 3.8) is 0 Å². The van der Waals surface area contributed by atoms with Crippen LogP contribution in [0.4, 0.5) is 0 Å². The Morgan fingerprint density at radius 1 is 1.21 bits per heavy atom. The Kier molecular flexibility index (Phi) is 6.12. The Labute approximate surface area is 125 Å². The van der Waals surface area contributed by atoms with Crippen LogP contribution in [0.5, 0.6) is 0 Å². The van der Waals surface area contributed by atoms with Crippen molar-refractivity contribution in [1.82, 2.24) is 5.32 Å². The molecule has 1 N–H and O–H groups in total. The third-order valence-electron chi connectivity index (χ3n) is 3.90. The zero-order valence-electron chi connectivity index (χ0n) is 11.8. The lowest BCUT2D eigenvalue weighted by molar-refractivity contribution is 0.515. The summed E-state index contributed by atoms with van der Waals surface area (Å²) in [6.07, 6.45) is 10.2. The Bertz CT molecular complexity index is 408. The van der Waals surface area contributed by atoms with Crippen molar-refractivity contribution in [2.45, 2.75) is 51.5 Å². The molecule has 0 saturated heterocycles. The smallest absolute Gasteiger partial charge is 0.0317 e. The molecule has 0 aromatic heterocycles. The lowest BCUT2D eigenvalue weighted by Gasteiger charge is -2.19. The maximum Gasteiger partial charge on any atom is 0.0317 e. The molecule has 0 heterocycles. The lowest BCUT2D eigenvalue weighted by Crippen LogP contribution is -2.22. The Morgan fingerprint density at radius 2 is 2.00 bits per heavy atom. The Balaban J connectivity index is 1.82. The van der Waals surface area contributed by atoms with E-state index < -0.39 is 0 Å². The van der Waals surface area contributed by atoms with Crippen LogP contribution in [0.2, 0.25) is 0 Å². The largest absolute Gasteiger partial charge is 0.310 e. The minimum absolute atomic E-state index is 0.484. The van der Waals surface area contributed by atoms with E-state index in [0.717, 1.165) is 17.4 Å². The second-order valence-corrected chi connectivity index (χ2v) is 6.24. The SMILES string of the molecule is CCC(NCCC1=CCCCC1)c1ccc(Br)cc1. The van der Waals surface area contributed by atoms with Gasteiger partial charge in [0.05, 0.1) is 0 Å². The Hall–Kier alpha value is -0.600. The molecule has 1 atom stereocenters. The van der Waals surface area contributed by atoms with E-state index in [0.29, 0.717) is 6.04 Å². The molecule has 0 saturated carbocycles. The van der Waals surface area contributed by atoms with Gasteiger partial charge in [0.25, 0.3) is 0 Å². The van der Waals surface area contributed by atoms with Gasteiger partial charge in [0.1, 0.15) is 0 Å². The summed E-state index contributed by atoms with van der Waals surface area (Å²) in [4.78, 5) is 0. The third-order valence-corrected chi connectivity index (χ3v) is 4.43. The molecule has 1 aromatic rings. The van der Waals surface area contributed by atoms with Crippen LogP contribution in [-0.4, -0.2) is 6.54 Å². The molecule has 1 aliphatic rings. The van der Waals surface area contributed by atoms with Crippen molar-refractivity contribution in [2.75, 3.05) is 6.54 Å². The van der Waals surface area contributed by atoms with Crippen molar-refractivity contribution in [1.29, 1.82) is 0 Å². The molecule has 0 radical (unpaired) electrons. The second-order valence-electron chi connectivity index (χ2n) is 5.32. The molecule has 0 bridgehead atoms. The van der Waals surface area contributed by atoms with Gasteiger partial charge in [0.15, 0.2) is 0 Å². The van der Waals surface area contributed by atoms with Crippen LogP contribution in [0.1, 0.15) is 57.1 Å². The van der Waals surface area contributed by atoms with E-state index >= 15 is 0 Å². The fourth-order valence-electron chi connectivity index (χ4n) is 2.73. The van der Waals surface area contributed by atoms with E-state index in [1.54, 1.807) is 5.57 Å². The summed E-state index contributed by atoms with van der Waals surface area (Å²) < 4.78 is 1.15. The maximum absolute atomic E-state index is 3.70. The quantitative estimate of drug-likeness (QED) is 0.693. The molecular formula is C17H24BrN. The average Bonchev–Trinajstić information content (AvgIpc) is 2.46. The number of halogens is 1. The van der Waals surface area contributed by atoms with Gasteiger partial charge in [-0.1, -0.05) is 46.6 Å². The first kappa shape index (κ1) is 14.8. The van der Waals surface area contributed by atoms with Gasteiger partial charge in [-0.15, -0.1) is 0 Å². The van der Waals surface area contributed by atoms with Crippen molar-refractivity contribution in [3.05, 3.63) is 46.0 Å². The molecule has 1 aromatic carbocycles. The zero-order chi connectivity index (χ0) is 13.5. The van der Waals surface area contributed by atoms with Crippen molar-refractivity contribution < 1.29 is 0 Å². The highest BCUT2D eigenvalue weighted by atomic mass is 79.9. The summed E-state index contributed by atoms with van der Waals surface area (Å²) in [6, 6.07) is 9.17. The molecule has 1 unspecified atom stereocenters. The van der Waals surface area contributed by atoms with Crippen LogP contribution in [0, 0.1) is 0 Å². The highest BCUT2D eigenvalue weighted by Gasteiger charge is 2.09. The summed E-state index contributed by atoms with van der Waals surface area (Å²) >= 11 is 3.49. The van der Waals surface area contributed by atoms with Crippen LogP contribution >= 0.6 is 15.9 Å².